The molecule has 1 N–H and O–H groups in total. The Labute approximate surface area is 207 Å². The molecule has 3 aromatic carbocycles. The van der Waals surface area contributed by atoms with Gasteiger partial charge in [0.15, 0.2) is 0 Å². The van der Waals surface area contributed by atoms with E-state index in [9.17, 15) is 9.59 Å². The number of nitrogens with one attached hydrogen (secondary N) is 1. The van der Waals surface area contributed by atoms with Crippen LogP contribution in [0.3, 0.4) is 0 Å². The molecule has 1 atom stereocenters. The summed E-state index contributed by atoms with van der Waals surface area (Å²) in [7, 11) is 3.90. The molecule has 0 spiro atoms. The Morgan fingerprint density at radius 2 is 1.74 bits per heavy atom. The summed E-state index contributed by atoms with van der Waals surface area (Å²) in [5.74, 6) is -0.465. The number of nitrogens with zero attached hydrogens (tertiary/aromatic N) is 3. The minimum atomic E-state index is -0.724. The smallest absolute Gasteiger partial charge is 0.257 e. The van der Waals surface area contributed by atoms with Crippen LogP contribution in [0.2, 0.25) is 10.0 Å². The maximum Gasteiger partial charge on any atom is 0.257 e. The molecule has 7 nitrogen and oxygen atoms in total. The average Bonchev–Trinajstić information content (AvgIpc) is 3.25. The lowest BCUT2D eigenvalue weighted by Gasteiger charge is -2.20. The minimum absolute atomic E-state index is 0.218. The van der Waals surface area contributed by atoms with Crippen molar-refractivity contribution < 1.29 is 14.3 Å². The molecule has 0 aliphatic carbocycles. The van der Waals surface area contributed by atoms with E-state index in [2.05, 4.69) is 10.4 Å². The summed E-state index contributed by atoms with van der Waals surface area (Å²) in [6.07, 6.45) is -0.724. The molecule has 0 aromatic heterocycles. The van der Waals surface area contributed by atoms with E-state index in [0.717, 1.165) is 11.3 Å². The Bertz CT molecular complexity index is 1280. The highest BCUT2D eigenvalue weighted by Gasteiger charge is 2.34. The third-order valence-corrected chi connectivity index (χ3v) is 5.79. The van der Waals surface area contributed by atoms with Gasteiger partial charge in [0, 0.05) is 37.3 Å². The van der Waals surface area contributed by atoms with Crippen LogP contribution < -0.4 is 10.2 Å². The zero-order valence-electron chi connectivity index (χ0n) is 18.8. The fourth-order valence-electron chi connectivity index (χ4n) is 3.47. The first-order valence-electron chi connectivity index (χ1n) is 10.4. The lowest BCUT2D eigenvalue weighted by molar-refractivity contribution is -0.135. The summed E-state index contributed by atoms with van der Waals surface area (Å²) in [6, 6.07) is 19.4. The van der Waals surface area contributed by atoms with Crippen LogP contribution in [0.1, 0.15) is 34.6 Å². The Kier molecular flexibility index (Phi) is 6.77. The molecule has 3 aromatic rings. The lowest BCUT2D eigenvalue weighted by atomic mass is 10.1. The number of rotatable bonds is 5. The van der Waals surface area contributed by atoms with E-state index in [1.165, 1.54) is 18.0 Å². The summed E-state index contributed by atoms with van der Waals surface area (Å²) in [5.41, 5.74) is 3.06. The van der Waals surface area contributed by atoms with E-state index in [1.807, 2.05) is 43.3 Å². The van der Waals surface area contributed by atoms with Gasteiger partial charge in [-0.1, -0.05) is 47.5 Å². The summed E-state index contributed by atoms with van der Waals surface area (Å²) in [5, 5.41) is 9.22. The monoisotopic (exact) mass is 496 g/mol. The molecule has 0 radical (unpaired) electrons. The van der Waals surface area contributed by atoms with Crippen molar-refractivity contribution in [3.8, 4) is 0 Å². The maximum atomic E-state index is 12.9. The number of para-hydroxylation sites is 1. The maximum absolute atomic E-state index is 12.9. The van der Waals surface area contributed by atoms with Crippen LogP contribution >= 0.6 is 23.2 Å². The number of hydrogen-bond acceptors (Lipinski definition) is 5. The first-order chi connectivity index (χ1) is 16.2. The Hall–Kier alpha value is -3.55. The second kappa shape index (κ2) is 9.75. The highest BCUT2D eigenvalue weighted by Crippen LogP contribution is 2.33. The molecule has 1 aliphatic rings. The highest BCUT2D eigenvalue weighted by atomic mass is 35.5. The number of halogens is 2. The van der Waals surface area contributed by atoms with Gasteiger partial charge in [0.1, 0.15) is 0 Å². The number of carbonyl (C=O) groups excluding carboxylic acids is 2. The zero-order valence-corrected chi connectivity index (χ0v) is 20.3. The quantitative estimate of drug-likeness (QED) is 0.502. The average molecular weight is 497 g/mol. The number of carbonyl (C=O) groups is 2. The number of amides is 2. The largest absolute Gasteiger partial charge is 0.446 e. The molecule has 34 heavy (non-hydrogen) atoms. The molecule has 0 unspecified atom stereocenters. The predicted molar refractivity (Wildman–Crippen MR) is 135 cm³/mol. The molecule has 0 fully saturated rings. The van der Waals surface area contributed by atoms with Crippen LogP contribution in [0.4, 0.5) is 11.4 Å². The van der Waals surface area contributed by atoms with Gasteiger partial charge in [0.05, 0.1) is 21.8 Å². The Morgan fingerprint density at radius 3 is 2.38 bits per heavy atom. The molecule has 9 heteroatoms. The van der Waals surface area contributed by atoms with Crippen molar-refractivity contribution in [2.24, 2.45) is 5.10 Å². The summed E-state index contributed by atoms with van der Waals surface area (Å²) in [4.78, 5) is 27.2. The molecular weight excluding hydrogens is 475 g/mol. The van der Waals surface area contributed by atoms with E-state index < -0.39 is 12.1 Å². The first kappa shape index (κ1) is 23.6. The third kappa shape index (κ3) is 4.85. The number of anilines is 2. The standard InChI is InChI=1S/C25H22Cl2N4O3/c1-15(32)31-25(16-8-11-18(12-9-16)30(2)3)34-24(29-31)20-6-4-5-7-22(20)28-23(33)19-13-10-17(26)14-21(19)27/h4-14,25H,1-3H3,(H,28,33)/t25-/m1/s1. The van der Waals surface area contributed by atoms with Gasteiger partial charge in [-0.15, -0.1) is 5.10 Å². The van der Waals surface area contributed by atoms with Crippen molar-refractivity contribution in [2.45, 2.75) is 13.2 Å². The van der Waals surface area contributed by atoms with Crippen LogP contribution in [-0.4, -0.2) is 36.8 Å². The van der Waals surface area contributed by atoms with E-state index in [1.54, 1.807) is 36.4 Å². The second-order valence-corrected chi connectivity index (χ2v) is 8.69. The molecule has 174 valence electrons. The third-order valence-electron chi connectivity index (χ3n) is 5.24. The van der Waals surface area contributed by atoms with E-state index >= 15 is 0 Å². The highest BCUT2D eigenvalue weighted by molar-refractivity contribution is 6.37. The van der Waals surface area contributed by atoms with Crippen LogP contribution in [0, 0.1) is 0 Å². The van der Waals surface area contributed by atoms with Crippen LogP contribution in [0.15, 0.2) is 71.8 Å². The van der Waals surface area contributed by atoms with Gasteiger partial charge in [0.25, 0.3) is 5.91 Å². The molecular formula is C25H22Cl2N4O3. The van der Waals surface area contributed by atoms with Crippen molar-refractivity contribution in [3.63, 3.8) is 0 Å². The van der Waals surface area contributed by atoms with Gasteiger partial charge in [0.2, 0.25) is 18.0 Å². The molecule has 4 rings (SSSR count). The van der Waals surface area contributed by atoms with Crippen molar-refractivity contribution in [3.05, 3.63) is 93.5 Å². The SMILES string of the molecule is CC(=O)N1N=C(c2ccccc2NC(=O)c2ccc(Cl)cc2Cl)O[C@@H]1c1ccc(N(C)C)cc1. The Balaban J connectivity index is 1.62. The molecule has 2 amide bonds. The first-order valence-corrected chi connectivity index (χ1v) is 11.2. The normalized spacial score (nSPS) is 14.9. The Morgan fingerprint density at radius 1 is 1.03 bits per heavy atom. The van der Waals surface area contributed by atoms with Crippen LogP contribution in [0.5, 0.6) is 0 Å². The topological polar surface area (TPSA) is 74.2 Å². The van der Waals surface area contributed by atoms with Crippen molar-refractivity contribution in [1.82, 2.24) is 5.01 Å². The van der Waals surface area contributed by atoms with Gasteiger partial charge in [-0.3, -0.25) is 9.59 Å². The van der Waals surface area contributed by atoms with E-state index in [4.69, 9.17) is 27.9 Å². The van der Waals surface area contributed by atoms with Crippen LogP contribution in [-0.2, 0) is 9.53 Å². The van der Waals surface area contributed by atoms with Gasteiger partial charge in [-0.2, -0.15) is 5.01 Å². The van der Waals surface area contributed by atoms with Crippen molar-refractivity contribution in [2.75, 3.05) is 24.3 Å². The predicted octanol–water partition coefficient (Wildman–Crippen LogP) is 5.55. The minimum Gasteiger partial charge on any atom is -0.446 e. The molecule has 1 aliphatic heterocycles. The number of hydrazone groups is 1. The lowest BCUT2D eigenvalue weighted by Crippen LogP contribution is -2.25. The fraction of sp³-hybridized carbons (Fsp3) is 0.160. The number of benzene rings is 3. The molecule has 0 saturated heterocycles. The molecule has 0 bridgehead atoms. The molecule has 1 heterocycles. The van der Waals surface area contributed by atoms with E-state index in [0.29, 0.717) is 16.3 Å². The van der Waals surface area contributed by atoms with Crippen LogP contribution in [0.25, 0.3) is 0 Å². The summed E-state index contributed by atoms with van der Waals surface area (Å²) < 4.78 is 6.12. The number of ether oxygens (including phenoxy) is 1. The van der Waals surface area contributed by atoms with Crippen molar-refractivity contribution >= 4 is 52.3 Å². The van der Waals surface area contributed by atoms with Crippen molar-refractivity contribution in [1.29, 1.82) is 0 Å². The second-order valence-electron chi connectivity index (χ2n) is 7.85. The fourth-order valence-corrected chi connectivity index (χ4v) is 3.96. The molecule has 0 saturated carbocycles. The van der Waals surface area contributed by atoms with Gasteiger partial charge < -0.3 is 15.0 Å². The van der Waals surface area contributed by atoms with Gasteiger partial charge in [-0.25, -0.2) is 0 Å². The summed E-state index contributed by atoms with van der Waals surface area (Å²) in [6.45, 7) is 1.42. The van der Waals surface area contributed by atoms with E-state index in [-0.39, 0.29) is 22.4 Å². The van der Waals surface area contributed by atoms with Gasteiger partial charge >= 0.3 is 0 Å². The van der Waals surface area contributed by atoms with Gasteiger partial charge in [-0.05, 0) is 42.5 Å². The number of hydrogen-bond donors (Lipinski definition) is 1. The zero-order chi connectivity index (χ0) is 24.4. The summed E-state index contributed by atoms with van der Waals surface area (Å²) >= 11 is 12.1.